The van der Waals surface area contributed by atoms with Gasteiger partial charge >= 0.3 is 8.56 Å². The van der Waals surface area contributed by atoms with E-state index in [4.69, 9.17) is 8.23 Å². The molecule has 0 saturated heterocycles. The van der Waals surface area contributed by atoms with Gasteiger partial charge in [-0.05, 0) is 19.6 Å². The second-order valence-corrected chi connectivity index (χ2v) is 6.72. The molecule has 0 aliphatic heterocycles. The highest BCUT2D eigenvalue weighted by Crippen LogP contribution is 2.05. The number of rotatable bonds is 5. The minimum atomic E-state index is -1.93. The van der Waals surface area contributed by atoms with Gasteiger partial charge in [-0.25, -0.2) is 0 Å². The molecule has 0 aliphatic carbocycles. The van der Waals surface area contributed by atoms with Gasteiger partial charge in [0.05, 0.1) is 0 Å². The maximum Gasteiger partial charge on any atom is 0.340 e. The molecule has 10 heavy (non-hydrogen) atoms. The van der Waals surface area contributed by atoms with Gasteiger partial charge in [-0.2, -0.15) is 0 Å². The lowest BCUT2D eigenvalue weighted by Gasteiger charge is -2.21. The fourth-order valence-electron chi connectivity index (χ4n) is 0.509. The third-order valence-electron chi connectivity index (χ3n) is 0.980. The Morgan fingerprint density at radius 2 is 1.70 bits per heavy atom. The smallest absolute Gasteiger partial charge is 0.340 e. The highest BCUT2D eigenvalue weighted by Gasteiger charge is 2.24. The molecule has 0 aromatic rings. The first-order chi connectivity index (χ1) is 4.68. The maximum absolute atomic E-state index is 5.45. The average Bonchev–Trinajstić information content (AvgIpc) is 1.89. The van der Waals surface area contributed by atoms with E-state index >= 15 is 0 Å². The molecule has 5 heteroatoms. The van der Waals surface area contributed by atoms with Gasteiger partial charge in [0.25, 0.3) is 0 Å². The monoisotopic (exact) mass is 188 g/mol. The van der Waals surface area contributed by atoms with E-state index in [1.54, 1.807) is 0 Å². The molecule has 4 radical (unpaired) electrons. The van der Waals surface area contributed by atoms with Gasteiger partial charge in [0.15, 0.2) is 0 Å². The Morgan fingerprint density at radius 3 is 1.90 bits per heavy atom. The Hall–Kier alpha value is 0.311. The van der Waals surface area contributed by atoms with Crippen molar-refractivity contribution in [1.82, 2.24) is 0 Å². The van der Waals surface area contributed by atoms with Crippen LogP contribution in [0.3, 0.4) is 0 Å². The van der Waals surface area contributed by atoms with Crippen LogP contribution < -0.4 is 0 Å². The molecule has 0 aliphatic rings. The van der Waals surface area contributed by atoms with E-state index in [1.165, 1.54) is 0 Å². The molecule has 0 unspecified atom stereocenters. The zero-order valence-electron chi connectivity index (χ0n) is 6.60. The third kappa shape index (κ3) is 3.47. The van der Waals surface area contributed by atoms with Gasteiger partial charge in [0.1, 0.15) is 0 Å². The lowest BCUT2D eigenvalue weighted by molar-refractivity contribution is 0.440. The molecule has 0 rings (SSSR count). The van der Waals surface area contributed by atoms with E-state index in [1.807, 2.05) is 25.3 Å². The fraction of sp³-hybridized carbons (Fsp3) is 0.600. The van der Waals surface area contributed by atoms with Gasteiger partial charge < -0.3 is 8.23 Å². The van der Waals surface area contributed by atoms with E-state index < -0.39 is 8.56 Å². The molecule has 0 bridgehead atoms. The standard InChI is InChI=1S/C5H12O2Si3/c1-5-10(4,6-8-2)7-9-3/h5H,1H2,2-4H3. The van der Waals surface area contributed by atoms with Crippen LogP contribution in [-0.4, -0.2) is 28.1 Å². The quantitative estimate of drug-likeness (QED) is 0.603. The molecule has 0 saturated carbocycles. The minimum absolute atomic E-state index is 0.496. The summed E-state index contributed by atoms with van der Waals surface area (Å²) in [6.45, 7) is 9.69. The fourth-order valence-corrected chi connectivity index (χ4v) is 4.96. The van der Waals surface area contributed by atoms with Crippen LogP contribution in [0, 0.1) is 0 Å². The Balaban J connectivity index is 3.81. The number of hydrogen-bond acceptors (Lipinski definition) is 2. The molecule has 0 aromatic heterocycles. The van der Waals surface area contributed by atoms with Crippen molar-refractivity contribution in [3.05, 3.63) is 12.3 Å². The summed E-state index contributed by atoms with van der Waals surface area (Å²) >= 11 is 0. The van der Waals surface area contributed by atoms with Crippen molar-refractivity contribution in [2.45, 2.75) is 19.6 Å². The molecule has 0 heterocycles. The molecule has 0 amide bonds. The molecule has 2 nitrogen and oxygen atoms in total. The molecular weight excluding hydrogens is 176 g/mol. The van der Waals surface area contributed by atoms with Crippen LogP contribution in [0.15, 0.2) is 12.3 Å². The van der Waals surface area contributed by atoms with Crippen LogP contribution in [-0.2, 0) is 8.23 Å². The van der Waals surface area contributed by atoms with Crippen molar-refractivity contribution in [3.63, 3.8) is 0 Å². The minimum Gasteiger partial charge on any atom is -0.434 e. The van der Waals surface area contributed by atoms with Crippen LogP contribution in [0.1, 0.15) is 0 Å². The molecular formula is C5H12O2Si3. The summed E-state index contributed by atoms with van der Waals surface area (Å²) < 4.78 is 10.9. The highest BCUT2D eigenvalue weighted by molar-refractivity contribution is 6.78. The summed E-state index contributed by atoms with van der Waals surface area (Å²) in [5, 5.41) is 0. The summed E-state index contributed by atoms with van der Waals surface area (Å²) in [6.07, 6.45) is 0. The van der Waals surface area contributed by atoms with Crippen molar-refractivity contribution < 1.29 is 8.23 Å². The van der Waals surface area contributed by atoms with E-state index in [0.717, 1.165) is 0 Å². The molecule has 56 valence electrons. The zero-order valence-corrected chi connectivity index (χ0v) is 9.60. The SMILES string of the molecule is C=C[Si](C)(O[Si]C)O[Si]C. The Labute approximate surface area is 68.8 Å². The van der Waals surface area contributed by atoms with E-state index in [2.05, 4.69) is 6.58 Å². The Kier molecular flexibility index (Phi) is 5.18. The average molecular weight is 188 g/mol. The van der Waals surface area contributed by atoms with Crippen LogP contribution in [0.2, 0.25) is 19.6 Å². The van der Waals surface area contributed by atoms with Gasteiger partial charge in [0, 0.05) is 0 Å². The Bertz CT molecular complexity index is 101. The largest absolute Gasteiger partial charge is 0.434 e. The van der Waals surface area contributed by atoms with Gasteiger partial charge in [-0.3, -0.25) is 0 Å². The van der Waals surface area contributed by atoms with Crippen LogP contribution >= 0.6 is 0 Å². The lowest BCUT2D eigenvalue weighted by atomic mass is 11.3. The summed E-state index contributed by atoms with van der Waals surface area (Å²) in [5.74, 6) is 0. The van der Waals surface area contributed by atoms with Crippen LogP contribution in [0.4, 0.5) is 0 Å². The number of hydrogen-bond donors (Lipinski definition) is 0. The second-order valence-electron chi connectivity index (χ2n) is 1.83. The third-order valence-corrected chi connectivity index (χ3v) is 6.60. The zero-order chi connectivity index (χ0) is 8.04. The lowest BCUT2D eigenvalue weighted by Crippen LogP contribution is -2.38. The first-order valence-electron chi connectivity index (χ1n) is 3.01. The van der Waals surface area contributed by atoms with Crippen molar-refractivity contribution >= 4 is 28.1 Å². The van der Waals surface area contributed by atoms with Gasteiger partial charge in [-0.1, -0.05) is 5.70 Å². The van der Waals surface area contributed by atoms with Crippen molar-refractivity contribution in [3.8, 4) is 0 Å². The van der Waals surface area contributed by atoms with Crippen molar-refractivity contribution in [2.24, 2.45) is 0 Å². The first kappa shape index (κ1) is 10.3. The molecule has 0 aromatic carbocycles. The normalized spacial score (nSPS) is 11.5. The van der Waals surface area contributed by atoms with Crippen LogP contribution in [0.25, 0.3) is 0 Å². The predicted octanol–water partition coefficient (Wildman–Crippen LogP) is 1.15. The summed E-state index contributed by atoms with van der Waals surface area (Å²) in [5.41, 5.74) is 1.82. The van der Waals surface area contributed by atoms with Crippen LogP contribution in [0.5, 0.6) is 0 Å². The van der Waals surface area contributed by atoms with Crippen molar-refractivity contribution in [2.75, 3.05) is 0 Å². The summed E-state index contributed by atoms with van der Waals surface area (Å²) in [4.78, 5) is 0. The van der Waals surface area contributed by atoms with Gasteiger partial charge in [0.2, 0.25) is 19.5 Å². The summed E-state index contributed by atoms with van der Waals surface area (Å²) in [7, 11) is -0.943. The molecule has 0 fully saturated rings. The molecule has 0 N–H and O–H groups in total. The second kappa shape index (κ2) is 5.03. The van der Waals surface area contributed by atoms with E-state index in [0.29, 0.717) is 19.5 Å². The van der Waals surface area contributed by atoms with Gasteiger partial charge in [-0.15, -0.1) is 6.58 Å². The molecule has 0 spiro atoms. The maximum atomic E-state index is 5.45. The Morgan fingerprint density at radius 1 is 1.30 bits per heavy atom. The summed E-state index contributed by atoms with van der Waals surface area (Å²) in [6, 6.07) is 0. The predicted molar refractivity (Wildman–Crippen MR) is 47.2 cm³/mol. The topological polar surface area (TPSA) is 18.5 Å². The highest BCUT2D eigenvalue weighted by atomic mass is 28.4. The first-order valence-corrected chi connectivity index (χ1v) is 8.22. The molecule has 0 atom stereocenters. The van der Waals surface area contributed by atoms with E-state index in [9.17, 15) is 0 Å². The van der Waals surface area contributed by atoms with E-state index in [-0.39, 0.29) is 0 Å². The van der Waals surface area contributed by atoms with Crippen molar-refractivity contribution in [1.29, 1.82) is 0 Å².